The molecule has 1 aliphatic heterocycles. The molecule has 0 radical (unpaired) electrons. The lowest BCUT2D eigenvalue weighted by molar-refractivity contribution is 0.0980. The van der Waals surface area contributed by atoms with Gasteiger partial charge in [0.1, 0.15) is 5.69 Å². The summed E-state index contributed by atoms with van der Waals surface area (Å²) in [5.74, 6) is 0.120. The van der Waals surface area contributed by atoms with Crippen molar-refractivity contribution in [3.05, 3.63) is 48.3 Å². The predicted molar refractivity (Wildman–Crippen MR) is 102 cm³/mol. The summed E-state index contributed by atoms with van der Waals surface area (Å²) in [5.41, 5.74) is 1.00. The van der Waals surface area contributed by atoms with Gasteiger partial charge in [0.2, 0.25) is 5.95 Å². The summed E-state index contributed by atoms with van der Waals surface area (Å²) in [6.45, 7) is 3.41. The SMILES string of the molecule is CCOC(=O)N1CCC(Nc2nccc(C(=O)Nc3ccccc3)n2)CC1. The summed E-state index contributed by atoms with van der Waals surface area (Å²) in [4.78, 5) is 34.3. The van der Waals surface area contributed by atoms with E-state index in [1.165, 1.54) is 0 Å². The first-order valence-electron chi connectivity index (χ1n) is 9.03. The number of hydrogen-bond acceptors (Lipinski definition) is 6. The summed E-state index contributed by atoms with van der Waals surface area (Å²) in [5, 5.41) is 6.05. The van der Waals surface area contributed by atoms with E-state index in [1.807, 2.05) is 30.3 Å². The van der Waals surface area contributed by atoms with Crippen LogP contribution in [-0.2, 0) is 4.74 Å². The van der Waals surface area contributed by atoms with Crippen LogP contribution in [0.3, 0.4) is 0 Å². The average molecular weight is 369 g/mol. The number of aromatic nitrogens is 2. The van der Waals surface area contributed by atoms with Crippen LogP contribution in [-0.4, -0.2) is 52.6 Å². The molecule has 2 N–H and O–H groups in total. The highest BCUT2D eigenvalue weighted by Crippen LogP contribution is 2.15. The fourth-order valence-corrected chi connectivity index (χ4v) is 2.88. The van der Waals surface area contributed by atoms with Crippen molar-refractivity contribution in [3.63, 3.8) is 0 Å². The van der Waals surface area contributed by atoms with Crippen LogP contribution in [0.1, 0.15) is 30.3 Å². The Bertz CT molecular complexity index is 776. The number of ether oxygens (including phenoxy) is 1. The Morgan fingerprint density at radius 2 is 1.93 bits per heavy atom. The third-order valence-corrected chi connectivity index (χ3v) is 4.27. The van der Waals surface area contributed by atoms with Gasteiger partial charge in [0.25, 0.3) is 5.91 Å². The Morgan fingerprint density at radius 1 is 1.19 bits per heavy atom. The van der Waals surface area contributed by atoms with Crippen LogP contribution >= 0.6 is 0 Å². The van der Waals surface area contributed by atoms with Gasteiger partial charge in [-0.05, 0) is 38.0 Å². The summed E-state index contributed by atoms with van der Waals surface area (Å²) < 4.78 is 5.02. The molecule has 0 saturated carbocycles. The van der Waals surface area contributed by atoms with Crippen LogP contribution in [0.2, 0.25) is 0 Å². The van der Waals surface area contributed by atoms with E-state index in [-0.39, 0.29) is 18.0 Å². The number of anilines is 2. The van der Waals surface area contributed by atoms with Gasteiger partial charge < -0.3 is 20.3 Å². The molecule has 27 heavy (non-hydrogen) atoms. The van der Waals surface area contributed by atoms with Gasteiger partial charge in [0.15, 0.2) is 0 Å². The normalized spacial score (nSPS) is 14.5. The molecule has 3 rings (SSSR count). The number of carbonyl (C=O) groups excluding carboxylic acids is 2. The van der Waals surface area contributed by atoms with E-state index in [1.54, 1.807) is 24.1 Å². The number of para-hydroxylation sites is 1. The smallest absolute Gasteiger partial charge is 0.409 e. The zero-order chi connectivity index (χ0) is 19.1. The first-order valence-corrected chi connectivity index (χ1v) is 9.03. The molecule has 1 saturated heterocycles. The third kappa shape index (κ3) is 5.16. The van der Waals surface area contributed by atoms with Crippen LogP contribution in [0.15, 0.2) is 42.6 Å². The van der Waals surface area contributed by atoms with E-state index in [4.69, 9.17) is 4.74 Å². The second-order valence-corrected chi connectivity index (χ2v) is 6.19. The third-order valence-electron chi connectivity index (χ3n) is 4.27. The molecule has 1 aliphatic rings. The van der Waals surface area contributed by atoms with Crippen molar-refractivity contribution in [2.75, 3.05) is 30.3 Å². The van der Waals surface area contributed by atoms with Gasteiger partial charge in [-0.25, -0.2) is 14.8 Å². The molecule has 2 heterocycles. The van der Waals surface area contributed by atoms with Gasteiger partial charge in [-0.1, -0.05) is 18.2 Å². The molecule has 0 unspecified atom stereocenters. The Morgan fingerprint density at radius 3 is 2.63 bits per heavy atom. The second-order valence-electron chi connectivity index (χ2n) is 6.19. The van der Waals surface area contributed by atoms with Crippen LogP contribution in [0.25, 0.3) is 0 Å². The molecular formula is C19H23N5O3. The Balaban J connectivity index is 1.55. The van der Waals surface area contributed by atoms with Crippen molar-refractivity contribution in [1.29, 1.82) is 0 Å². The molecule has 2 amide bonds. The van der Waals surface area contributed by atoms with Crippen molar-refractivity contribution in [2.24, 2.45) is 0 Å². The van der Waals surface area contributed by atoms with Gasteiger partial charge in [0.05, 0.1) is 6.61 Å². The average Bonchev–Trinajstić information content (AvgIpc) is 2.70. The van der Waals surface area contributed by atoms with Crippen molar-refractivity contribution in [1.82, 2.24) is 14.9 Å². The summed E-state index contributed by atoms with van der Waals surface area (Å²) in [6, 6.07) is 10.9. The number of nitrogens with one attached hydrogen (secondary N) is 2. The molecule has 0 bridgehead atoms. The minimum absolute atomic E-state index is 0.142. The largest absolute Gasteiger partial charge is 0.450 e. The van der Waals surface area contributed by atoms with E-state index < -0.39 is 0 Å². The van der Waals surface area contributed by atoms with Crippen LogP contribution < -0.4 is 10.6 Å². The van der Waals surface area contributed by atoms with E-state index in [0.717, 1.165) is 12.8 Å². The van der Waals surface area contributed by atoms with Crippen LogP contribution in [0.5, 0.6) is 0 Å². The van der Waals surface area contributed by atoms with Crippen molar-refractivity contribution >= 4 is 23.6 Å². The fourth-order valence-electron chi connectivity index (χ4n) is 2.88. The standard InChI is InChI=1S/C19H23N5O3/c1-2-27-19(26)24-12-9-15(10-13-24)22-18-20-11-8-16(23-18)17(25)21-14-6-4-3-5-7-14/h3-8,11,15H,2,9-10,12-13H2,1H3,(H,21,25)(H,20,22,23). The summed E-state index contributed by atoms with van der Waals surface area (Å²) in [6.07, 6.45) is 2.82. The van der Waals surface area contributed by atoms with Gasteiger partial charge in [0, 0.05) is 31.0 Å². The highest BCUT2D eigenvalue weighted by atomic mass is 16.6. The maximum absolute atomic E-state index is 12.4. The number of nitrogens with zero attached hydrogens (tertiary/aromatic N) is 3. The van der Waals surface area contributed by atoms with Gasteiger partial charge in [-0.15, -0.1) is 0 Å². The quantitative estimate of drug-likeness (QED) is 0.841. The van der Waals surface area contributed by atoms with E-state index >= 15 is 0 Å². The van der Waals surface area contributed by atoms with Crippen molar-refractivity contribution < 1.29 is 14.3 Å². The van der Waals surface area contributed by atoms with Crippen molar-refractivity contribution in [2.45, 2.75) is 25.8 Å². The molecule has 0 atom stereocenters. The minimum atomic E-state index is -0.288. The second kappa shape index (κ2) is 8.98. The van der Waals surface area contributed by atoms with Gasteiger partial charge in [-0.3, -0.25) is 4.79 Å². The fraction of sp³-hybridized carbons (Fsp3) is 0.368. The lowest BCUT2D eigenvalue weighted by Crippen LogP contribution is -2.42. The highest BCUT2D eigenvalue weighted by Gasteiger charge is 2.24. The first kappa shape index (κ1) is 18.6. The van der Waals surface area contributed by atoms with E-state index in [0.29, 0.717) is 37.0 Å². The van der Waals surface area contributed by atoms with Crippen molar-refractivity contribution in [3.8, 4) is 0 Å². The molecule has 142 valence electrons. The number of amides is 2. The summed E-state index contributed by atoms with van der Waals surface area (Å²) in [7, 11) is 0. The molecule has 0 spiro atoms. The number of rotatable bonds is 5. The maximum Gasteiger partial charge on any atom is 0.409 e. The lowest BCUT2D eigenvalue weighted by Gasteiger charge is -2.31. The Hall–Kier alpha value is -3.16. The molecular weight excluding hydrogens is 346 g/mol. The number of hydrogen-bond donors (Lipinski definition) is 2. The molecule has 8 heteroatoms. The monoisotopic (exact) mass is 369 g/mol. The zero-order valence-electron chi connectivity index (χ0n) is 15.2. The van der Waals surface area contributed by atoms with E-state index in [2.05, 4.69) is 20.6 Å². The van der Waals surface area contributed by atoms with Gasteiger partial charge >= 0.3 is 6.09 Å². The highest BCUT2D eigenvalue weighted by molar-refractivity contribution is 6.02. The molecule has 2 aromatic rings. The lowest BCUT2D eigenvalue weighted by atomic mass is 10.1. The number of carbonyl (C=O) groups is 2. The number of piperidine rings is 1. The van der Waals surface area contributed by atoms with Gasteiger partial charge in [-0.2, -0.15) is 0 Å². The van der Waals surface area contributed by atoms with Crippen LogP contribution in [0, 0.1) is 0 Å². The predicted octanol–water partition coefficient (Wildman–Crippen LogP) is 2.76. The van der Waals surface area contributed by atoms with Crippen LogP contribution in [0.4, 0.5) is 16.4 Å². The molecule has 0 aliphatic carbocycles. The summed E-state index contributed by atoms with van der Waals surface area (Å²) >= 11 is 0. The number of likely N-dealkylation sites (tertiary alicyclic amines) is 1. The Kier molecular flexibility index (Phi) is 6.19. The first-order chi connectivity index (χ1) is 13.2. The maximum atomic E-state index is 12.4. The Labute approximate surface area is 158 Å². The van der Waals surface area contributed by atoms with E-state index in [9.17, 15) is 9.59 Å². The molecule has 8 nitrogen and oxygen atoms in total. The molecule has 1 aromatic heterocycles. The zero-order valence-corrected chi connectivity index (χ0v) is 15.2. The molecule has 1 fully saturated rings. The topological polar surface area (TPSA) is 96.5 Å². The minimum Gasteiger partial charge on any atom is -0.450 e. The molecule has 1 aromatic carbocycles. The number of benzene rings is 1.